The Labute approximate surface area is 120 Å². The van der Waals surface area contributed by atoms with Gasteiger partial charge in [-0.3, -0.25) is 0 Å². The summed E-state index contributed by atoms with van der Waals surface area (Å²) in [6.45, 7) is 5.91. The number of hydrogen-bond acceptors (Lipinski definition) is 2. The molecule has 3 saturated carbocycles. The highest BCUT2D eigenvalue weighted by Crippen LogP contribution is 2.65. The van der Waals surface area contributed by atoms with Gasteiger partial charge in [0.05, 0.1) is 6.61 Å². The minimum Gasteiger partial charge on any atom is -0.362 e. The Bertz CT molecular complexity index is 469. The third-order valence-electron chi connectivity index (χ3n) is 5.87. The maximum atomic E-state index is 6.18. The zero-order valence-electron chi connectivity index (χ0n) is 11.7. The molecule has 5 unspecified atom stereocenters. The van der Waals surface area contributed by atoms with Gasteiger partial charge in [-0.1, -0.05) is 44.2 Å². The topological polar surface area (TPSA) is 9.23 Å². The lowest BCUT2D eigenvalue weighted by molar-refractivity contribution is -0.128. The van der Waals surface area contributed by atoms with Crippen LogP contribution in [0.1, 0.15) is 37.7 Å². The van der Waals surface area contributed by atoms with Crippen LogP contribution in [0.15, 0.2) is 30.3 Å². The predicted molar refractivity (Wildman–Crippen MR) is 80.0 cm³/mol. The zero-order valence-corrected chi connectivity index (χ0v) is 12.5. The van der Waals surface area contributed by atoms with E-state index in [4.69, 9.17) is 4.74 Å². The summed E-state index contributed by atoms with van der Waals surface area (Å²) in [5.41, 5.74) is 2.18. The molecule has 1 aromatic rings. The van der Waals surface area contributed by atoms with Gasteiger partial charge in [0.1, 0.15) is 5.44 Å². The van der Waals surface area contributed by atoms with Crippen LogP contribution in [0, 0.1) is 23.2 Å². The SMILES string of the molecule is CC1(C)C2CC3SC(c4ccccc4)OCC3C1C2. The fraction of sp³-hybridized carbons (Fsp3) is 0.647. The molecule has 0 aromatic heterocycles. The van der Waals surface area contributed by atoms with Crippen LogP contribution < -0.4 is 0 Å². The van der Waals surface area contributed by atoms with Crippen molar-refractivity contribution in [1.82, 2.24) is 0 Å². The average molecular weight is 274 g/mol. The highest BCUT2D eigenvalue weighted by Gasteiger charge is 2.59. The molecule has 1 nitrogen and oxygen atoms in total. The van der Waals surface area contributed by atoms with E-state index in [1.54, 1.807) is 0 Å². The summed E-state index contributed by atoms with van der Waals surface area (Å²) in [5.74, 6) is 2.66. The van der Waals surface area contributed by atoms with Crippen LogP contribution in [0.3, 0.4) is 0 Å². The second-order valence-electron chi connectivity index (χ2n) is 7.01. The molecule has 4 fully saturated rings. The van der Waals surface area contributed by atoms with E-state index in [0.29, 0.717) is 5.41 Å². The summed E-state index contributed by atoms with van der Waals surface area (Å²) in [4.78, 5) is 0. The monoisotopic (exact) mass is 274 g/mol. The summed E-state index contributed by atoms with van der Waals surface area (Å²) in [6.07, 6.45) is 2.86. The van der Waals surface area contributed by atoms with E-state index in [-0.39, 0.29) is 5.44 Å². The first-order valence-electron chi connectivity index (χ1n) is 7.48. The van der Waals surface area contributed by atoms with Gasteiger partial charge in [0.15, 0.2) is 0 Å². The lowest BCUT2D eigenvalue weighted by atomic mass is 9.45. The molecule has 5 rings (SSSR count). The van der Waals surface area contributed by atoms with Gasteiger partial charge in [-0.2, -0.15) is 0 Å². The van der Waals surface area contributed by atoms with Crippen LogP contribution in [-0.4, -0.2) is 11.9 Å². The molecule has 1 aromatic carbocycles. The first-order valence-corrected chi connectivity index (χ1v) is 8.42. The third kappa shape index (κ3) is 1.80. The maximum absolute atomic E-state index is 6.18. The largest absolute Gasteiger partial charge is 0.362 e. The van der Waals surface area contributed by atoms with Crippen LogP contribution in [0.25, 0.3) is 0 Å². The quantitative estimate of drug-likeness (QED) is 0.745. The molecule has 19 heavy (non-hydrogen) atoms. The van der Waals surface area contributed by atoms with Crippen molar-refractivity contribution in [1.29, 1.82) is 0 Å². The Morgan fingerprint density at radius 2 is 1.95 bits per heavy atom. The van der Waals surface area contributed by atoms with Crippen molar-refractivity contribution in [3.05, 3.63) is 35.9 Å². The number of hydrogen-bond donors (Lipinski definition) is 0. The standard InChI is InChI=1S/C17H22OS/c1-17(2)12-8-14(17)13-10-18-16(19-15(13)9-12)11-6-4-3-5-7-11/h3-7,12-16H,8-10H2,1-2H3. The Morgan fingerprint density at radius 1 is 1.16 bits per heavy atom. The van der Waals surface area contributed by atoms with Crippen molar-refractivity contribution in [2.45, 2.75) is 37.4 Å². The predicted octanol–water partition coefficient (Wildman–Crippen LogP) is 4.50. The first kappa shape index (κ1) is 12.3. The maximum Gasteiger partial charge on any atom is 0.128 e. The van der Waals surface area contributed by atoms with Crippen molar-refractivity contribution in [2.75, 3.05) is 6.61 Å². The number of benzene rings is 1. The summed E-state index contributed by atoms with van der Waals surface area (Å²) < 4.78 is 6.18. The molecule has 0 spiro atoms. The minimum atomic E-state index is 0.267. The fourth-order valence-corrected chi connectivity index (χ4v) is 6.06. The van der Waals surface area contributed by atoms with E-state index < -0.39 is 0 Å². The van der Waals surface area contributed by atoms with Gasteiger partial charge in [0, 0.05) is 5.25 Å². The van der Waals surface area contributed by atoms with Crippen LogP contribution in [0.4, 0.5) is 0 Å². The van der Waals surface area contributed by atoms with E-state index in [1.807, 2.05) is 0 Å². The second kappa shape index (κ2) is 4.26. The third-order valence-corrected chi connectivity index (χ3v) is 7.41. The van der Waals surface area contributed by atoms with Gasteiger partial charge in [-0.15, -0.1) is 11.8 Å². The molecule has 1 aliphatic heterocycles. The summed E-state index contributed by atoms with van der Waals surface area (Å²) >= 11 is 2.08. The molecular weight excluding hydrogens is 252 g/mol. The number of thioether (sulfide) groups is 1. The number of ether oxygens (including phenoxy) is 1. The van der Waals surface area contributed by atoms with Crippen LogP contribution in [-0.2, 0) is 4.74 Å². The molecule has 1 saturated heterocycles. The summed E-state index contributed by atoms with van der Waals surface area (Å²) in [6, 6.07) is 10.7. The van der Waals surface area contributed by atoms with Gasteiger partial charge in [0.2, 0.25) is 0 Å². The smallest absolute Gasteiger partial charge is 0.128 e. The van der Waals surface area contributed by atoms with Crippen LogP contribution in [0.2, 0.25) is 0 Å². The van der Waals surface area contributed by atoms with Crippen molar-refractivity contribution in [3.8, 4) is 0 Å². The summed E-state index contributed by atoms with van der Waals surface area (Å²) in [7, 11) is 0. The molecule has 0 radical (unpaired) electrons. The second-order valence-corrected chi connectivity index (χ2v) is 8.32. The first-order chi connectivity index (χ1) is 9.16. The van der Waals surface area contributed by atoms with E-state index in [9.17, 15) is 0 Å². The van der Waals surface area contributed by atoms with E-state index >= 15 is 0 Å². The highest BCUT2D eigenvalue weighted by molar-refractivity contribution is 8.00. The van der Waals surface area contributed by atoms with E-state index in [1.165, 1.54) is 18.4 Å². The Hall–Kier alpha value is -0.470. The molecule has 3 aliphatic carbocycles. The summed E-state index contributed by atoms with van der Waals surface area (Å²) in [5, 5.41) is 0.829. The molecule has 4 aliphatic rings. The van der Waals surface area contributed by atoms with Gasteiger partial charge < -0.3 is 4.74 Å². The highest BCUT2D eigenvalue weighted by atomic mass is 32.2. The fourth-order valence-electron chi connectivity index (χ4n) is 4.46. The molecule has 5 atom stereocenters. The molecule has 2 bridgehead atoms. The van der Waals surface area contributed by atoms with E-state index in [2.05, 4.69) is 55.9 Å². The van der Waals surface area contributed by atoms with Crippen molar-refractivity contribution in [2.24, 2.45) is 23.2 Å². The zero-order chi connectivity index (χ0) is 13.0. The Morgan fingerprint density at radius 3 is 2.68 bits per heavy atom. The van der Waals surface area contributed by atoms with Crippen molar-refractivity contribution >= 4 is 11.8 Å². The molecule has 0 amide bonds. The molecule has 0 N–H and O–H groups in total. The van der Waals surface area contributed by atoms with Gasteiger partial charge in [-0.05, 0) is 41.6 Å². The van der Waals surface area contributed by atoms with E-state index in [0.717, 1.165) is 29.6 Å². The van der Waals surface area contributed by atoms with Crippen molar-refractivity contribution in [3.63, 3.8) is 0 Å². The van der Waals surface area contributed by atoms with Crippen LogP contribution in [0.5, 0.6) is 0 Å². The molecule has 2 heteroatoms. The van der Waals surface area contributed by atoms with Gasteiger partial charge in [-0.25, -0.2) is 0 Å². The molecule has 102 valence electrons. The normalized spacial score (nSPS) is 43.2. The lowest BCUT2D eigenvalue weighted by Crippen LogP contribution is -2.58. The Balaban J connectivity index is 1.52. The molecular formula is C17H22OS. The van der Waals surface area contributed by atoms with Gasteiger partial charge in [0.25, 0.3) is 0 Å². The van der Waals surface area contributed by atoms with Crippen LogP contribution >= 0.6 is 11.8 Å². The number of rotatable bonds is 1. The Kier molecular flexibility index (Phi) is 2.75. The lowest BCUT2D eigenvalue weighted by Gasteiger charge is -2.63. The molecule has 1 heterocycles. The van der Waals surface area contributed by atoms with Crippen molar-refractivity contribution < 1.29 is 4.74 Å². The van der Waals surface area contributed by atoms with Gasteiger partial charge >= 0.3 is 0 Å². The average Bonchev–Trinajstić information content (AvgIpc) is 2.46. The minimum absolute atomic E-state index is 0.267.